The minimum Gasteiger partial charge on any atom is -0.319 e. The summed E-state index contributed by atoms with van der Waals surface area (Å²) in [5, 5.41) is 0. The molecule has 1 aromatic rings. The number of hydrogen-bond acceptors (Lipinski definition) is 1. The lowest BCUT2D eigenvalue weighted by Crippen LogP contribution is -2.46. The molecule has 0 aliphatic rings. The van der Waals surface area contributed by atoms with Gasteiger partial charge in [0, 0.05) is 4.47 Å². The zero-order valence-corrected chi connectivity index (χ0v) is 9.62. The van der Waals surface area contributed by atoms with Crippen LogP contribution in [0.2, 0.25) is 0 Å². The molecule has 0 saturated heterocycles. The summed E-state index contributed by atoms with van der Waals surface area (Å²) in [5.74, 6) is -5.86. The maximum Gasteiger partial charge on any atom is 0.455 e. The van der Waals surface area contributed by atoms with Crippen LogP contribution in [0.1, 0.15) is 11.6 Å². The molecule has 8 heteroatoms. The van der Waals surface area contributed by atoms with Crippen molar-refractivity contribution in [3.05, 3.63) is 34.1 Å². The lowest BCUT2D eigenvalue weighted by atomic mass is 10.0. The van der Waals surface area contributed by atoms with Gasteiger partial charge in [0.2, 0.25) is 0 Å². The minimum atomic E-state index is -5.76. The number of halogens is 7. The normalized spacial score (nSPS) is 14.8. The molecular formula is C9H6BrF6N. The molecule has 0 spiro atoms. The summed E-state index contributed by atoms with van der Waals surface area (Å²) >= 11 is 2.69. The molecule has 0 aromatic heterocycles. The molecule has 0 radical (unpaired) electrons. The Bertz CT molecular complexity index is 416. The number of alkyl halides is 5. The van der Waals surface area contributed by atoms with Crippen molar-refractivity contribution in [3.63, 3.8) is 0 Å². The standard InChI is InChI=1S/C9H6BrF6N/c10-6-3-4(11)1-2-5(6)7(17)8(12,13)9(14,15)16/h1-3,7H,17H2/t7-/m1/s1. The van der Waals surface area contributed by atoms with Gasteiger partial charge in [-0.3, -0.25) is 0 Å². The van der Waals surface area contributed by atoms with Gasteiger partial charge >= 0.3 is 12.1 Å². The maximum atomic E-state index is 12.9. The molecule has 0 heterocycles. The predicted molar refractivity (Wildman–Crippen MR) is 52.0 cm³/mol. The number of nitrogens with two attached hydrogens (primary N) is 1. The van der Waals surface area contributed by atoms with E-state index in [4.69, 9.17) is 5.73 Å². The van der Waals surface area contributed by atoms with Crippen LogP contribution in [0.25, 0.3) is 0 Å². The molecule has 17 heavy (non-hydrogen) atoms. The van der Waals surface area contributed by atoms with Crippen molar-refractivity contribution in [2.24, 2.45) is 5.73 Å². The highest BCUT2D eigenvalue weighted by Crippen LogP contribution is 2.44. The lowest BCUT2D eigenvalue weighted by Gasteiger charge is -2.26. The van der Waals surface area contributed by atoms with E-state index in [-0.39, 0.29) is 4.47 Å². The first-order valence-electron chi connectivity index (χ1n) is 4.22. The Morgan fingerprint density at radius 1 is 1.12 bits per heavy atom. The van der Waals surface area contributed by atoms with Crippen molar-refractivity contribution in [2.75, 3.05) is 0 Å². The summed E-state index contributed by atoms with van der Waals surface area (Å²) in [6, 6.07) is -0.296. The van der Waals surface area contributed by atoms with Gasteiger partial charge < -0.3 is 5.73 Å². The van der Waals surface area contributed by atoms with Crippen molar-refractivity contribution in [1.29, 1.82) is 0 Å². The Balaban J connectivity index is 3.17. The Hall–Kier alpha value is -0.760. The number of hydrogen-bond donors (Lipinski definition) is 1. The van der Waals surface area contributed by atoms with Gasteiger partial charge in [0.15, 0.2) is 0 Å². The monoisotopic (exact) mass is 321 g/mol. The smallest absolute Gasteiger partial charge is 0.319 e. The van der Waals surface area contributed by atoms with E-state index in [0.717, 1.165) is 18.2 Å². The van der Waals surface area contributed by atoms with Crippen LogP contribution in [0.3, 0.4) is 0 Å². The van der Waals surface area contributed by atoms with Crippen LogP contribution in [0.15, 0.2) is 22.7 Å². The zero-order valence-electron chi connectivity index (χ0n) is 8.03. The second kappa shape index (κ2) is 4.49. The van der Waals surface area contributed by atoms with Crippen LogP contribution in [0, 0.1) is 5.82 Å². The van der Waals surface area contributed by atoms with Crippen LogP contribution in [-0.4, -0.2) is 12.1 Å². The molecule has 0 fully saturated rings. The average molecular weight is 322 g/mol. The molecular weight excluding hydrogens is 316 g/mol. The van der Waals surface area contributed by atoms with Crippen LogP contribution < -0.4 is 5.73 Å². The third-order valence-electron chi connectivity index (χ3n) is 2.07. The molecule has 1 atom stereocenters. The average Bonchev–Trinajstić information content (AvgIpc) is 2.14. The van der Waals surface area contributed by atoms with Crippen LogP contribution in [0.5, 0.6) is 0 Å². The molecule has 0 amide bonds. The summed E-state index contributed by atoms with van der Waals surface area (Å²) in [6.07, 6.45) is -5.76. The van der Waals surface area contributed by atoms with Crippen molar-refractivity contribution >= 4 is 15.9 Å². The molecule has 0 bridgehead atoms. The SMILES string of the molecule is N[C@H](c1ccc(F)cc1Br)C(F)(F)C(F)(F)F. The quantitative estimate of drug-likeness (QED) is 0.824. The first-order valence-corrected chi connectivity index (χ1v) is 5.01. The molecule has 0 aliphatic carbocycles. The maximum absolute atomic E-state index is 12.9. The molecule has 2 N–H and O–H groups in total. The van der Waals surface area contributed by atoms with E-state index >= 15 is 0 Å². The molecule has 0 unspecified atom stereocenters. The summed E-state index contributed by atoms with van der Waals surface area (Å²) < 4.78 is 74.5. The van der Waals surface area contributed by atoms with Gasteiger partial charge in [-0.05, 0) is 17.7 Å². The van der Waals surface area contributed by atoms with Gasteiger partial charge in [0.25, 0.3) is 0 Å². The Labute approximate surface area is 101 Å². The Morgan fingerprint density at radius 2 is 1.65 bits per heavy atom. The third-order valence-corrected chi connectivity index (χ3v) is 2.75. The highest BCUT2D eigenvalue weighted by atomic mass is 79.9. The Kier molecular flexibility index (Phi) is 3.78. The van der Waals surface area contributed by atoms with E-state index in [1.807, 2.05) is 0 Å². The fraction of sp³-hybridized carbons (Fsp3) is 0.333. The van der Waals surface area contributed by atoms with E-state index < -0.39 is 29.5 Å². The minimum absolute atomic E-state index is 0.242. The van der Waals surface area contributed by atoms with E-state index in [1.165, 1.54) is 0 Å². The van der Waals surface area contributed by atoms with Gasteiger partial charge in [-0.2, -0.15) is 22.0 Å². The molecule has 0 saturated carbocycles. The van der Waals surface area contributed by atoms with Gasteiger partial charge in [-0.25, -0.2) is 4.39 Å². The molecule has 1 aromatic carbocycles. The summed E-state index contributed by atoms with van der Waals surface area (Å²) in [5.41, 5.74) is 4.37. The molecule has 0 aliphatic heterocycles. The highest BCUT2D eigenvalue weighted by Gasteiger charge is 2.61. The van der Waals surface area contributed by atoms with Crippen molar-refractivity contribution in [3.8, 4) is 0 Å². The lowest BCUT2D eigenvalue weighted by molar-refractivity contribution is -0.291. The van der Waals surface area contributed by atoms with Crippen LogP contribution in [-0.2, 0) is 0 Å². The molecule has 96 valence electrons. The first kappa shape index (κ1) is 14.3. The number of benzene rings is 1. The van der Waals surface area contributed by atoms with E-state index in [9.17, 15) is 26.3 Å². The van der Waals surface area contributed by atoms with Crippen LogP contribution >= 0.6 is 15.9 Å². The number of rotatable bonds is 2. The van der Waals surface area contributed by atoms with Gasteiger partial charge in [0.1, 0.15) is 11.9 Å². The molecule has 1 rings (SSSR count). The summed E-state index contributed by atoms with van der Waals surface area (Å²) in [4.78, 5) is 0. The Morgan fingerprint density at radius 3 is 2.06 bits per heavy atom. The highest BCUT2D eigenvalue weighted by molar-refractivity contribution is 9.10. The van der Waals surface area contributed by atoms with Crippen LogP contribution in [0.4, 0.5) is 26.3 Å². The second-order valence-corrected chi connectivity index (χ2v) is 4.12. The fourth-order valence-corrected chi connectivity index (χ4v) is 1.72. The third kappa shape index (κ3) is 2.74. The van der Waals surface area contributed by atoms with E-state index in [2.05, 4.69) is 15.9 Å². The topological polar surface area (TPSA) is 26.0 Å². The van der Waals surface area contributed by atoms with Crippen molar-refractivity contribution in [2.45, 2.75) is 18.1 Å². The first-order chi connectivity index (χ1) is 7.57. The summed E-state index contributed by atoms with van der Waals surface area (Å²) in [6.45, 7) is 0. The van der Waals surface area contributed by atoms with Gasteiger partial charge in [0.05, 0.1) is 0 Å². The molecule has 1 nitrogen and oxygen atoms in total. The van der Waals surface area contributed by atoms with E-state index in [1.54, 1.807) is 0 Å². The van der Waals surface area contributed by atoms with E-state index in [0.29, 0.717) is 0 Å². The summed E-state index contributed by atoms with van der Waals surface area (Å²) in [7, 11) is 0. The van der Waals surface area contributed by atoms with Gasteiger partial charge in [-0.15, -0.1) is 0 Å². The van der Waals surface area contributed by atoms with Crippen molar-refractivity contribution in [1.82, 2.24) is 0 Å². The largest absolute Gasteiger partial charge is 0.455 e. The second-order valence-electron chi connectivity index (χ2n) is 3.26. The van der Waals surface area contributed by atoms with Gasteiger partial charge in [-0.1, -0.05) is 22.0 Å². The predicted octanol–water partition coefficient (Wildman–Crippen LogP) is 3.79. The fourth-order valence-electron chi connectivity index (χ4n) is 1.13. The van der Waals surface area contributed by atoms with Crippen molar-refractivity contribution < 1.29 is 26.3 Å². The zero-order chi connectivity index (χ0) is 13.4.